The largest absolute Gasteiger partial charge is 0.497 e. The normalized spacial score (nSPS) is 13.1. The van der Waals surface area contributed by atoms with Crippen LogP contribution in [0, 0.1) is 0 Å². The molecule has 4 aromatic rings. The van der Waals surface area contributed by atoms with Gasteiger partial charge >= 0.3 is 0 Å². The topological polar surface area (TPSA) is 152 Å². The minimum Gasteiger partial charge on any atom is -0.497 e. The van der Waals surface area contributed by atoms with Crippen LogP contribution in [0.4, 0.5) is 0 Å². The molecule has 4 rings (SSSR count). The highest BCUT2D eigenvalue weighted by Gasteiger charge is 2.37. The number of methoxy groups -OCH3 is 4. The van der Waals surface area contributed by atoms with Crippen molar-refractivity contribution in [3.8, 4) is 23.0 Å². The summed E-state index contributed by atoms with van der Waals surface area (Å²) in [6.45, 7) is 14.9. The van der Waals surface area contributed by atoms with Crippen molar-refractivity contribution in [2.75, 3.05) is 28.4 Å². The lowest BCUT2D eigenvalue weighted by atomic mass is 10.0. The molecule has 0 spiro atoms. The van der Waals surface area contributed by atoms with Crippen molar-refractivity contribution >= 4 is 20.0 Å². The number of hydrogen-bond donors (Lipinski definition) is 2. The molecule has 0 saturated carbocycles. The third kappa shape index (κ3) is 17.7. The molecule has 2 N–H and O–H groups in total. The van der Waals surface area contributed by atoms with Crippen molar-refractivity contribution in [2.45, 2.75) is 114 Å². The van der Waals surface area contributed by atoms with Gasteiger partial charge in [0.1, 0.15) is 23.0 Å². The molecule has 0 aromatic heterocycles. The van der Waals surface area contributed by atoms with Crippen molar-refractivity contribution in [1.29, 1.82) is 0 Å². The van der Waals surface area contributed by atoms with Crippen LogP contribution >= 0.6 is 0 Å². The molecule has 4 aromatic carbocycles. The number of sulfonamides is 2. The number of rotatable bonds is 26. The van der Waals surface area contributed by atoms with E-state index in [0.29, 0.717) is 48.7 Å². The molecule has 0 amide bonds. The van der Waals surface area contributed by atoms with Crippen molar-refractivity contribution in [3.63, 3.8) is 0 Å². The van der Waals surface area contributed by atoms with Crippen LogP contribution in [0.3, 0.4) is 0 Å². The quantitative estimate of drug-likeness (QED) is 0.0584. The molecular formula is C50H70N2O10S2. The fourth-order valence-electron chi connectivity index (χ4n) is 7.07. The lowest BCUT2D eigenvalue weighted by molar-refractivity contribution is 0.0680. The Balaban J connectivity index is 0.000000340. The smallest absolute Gasteiger partial charge is 0.217 e. The molecule has 2 atom stereocenters. The molecule has 0 unspecified atom stereocenters. The lowest BCUT2D eigenvalue weighted by Gasteiger charge is -2.31. The molecule has 352 valence electrons. The summed E-state index contributed by atoms with van der Waals surface area (Å²) in [6.07, 6.45) is 5.62. The summed E-state index contributed by atoms with van der Waals surface area (Å²) in [6, 6.07) is 29.5. The Morgan fingerprint density at radius 1 is 0.484 bits per heavy atom. The summed E-state index contributed by atoms with van der Waals surface area (Å²) in [5.41, 5.74) is 1.21. The van der Waals surface area contributed by atoms with E-state index >= 15 is 0 Å². The Morgan fingerprint density at radius 3 is 0.875 bits per heavy atom. The molecule has 0 bridgehead atoms. The standard InChI is InChI=1S/2C25H35NO5S/c2*1-6-7-8-24(17-25(2,3)27)32(28,29)26(18-20-9-13-22(30-4)14-10-20)19-21-11-15-23(31-5)16-12-21/h2*6,9-16,24,27H,1,7-8,17-19H2,2-5H3/t2*24-/m10/s1. The molecule has 64 heavy (non-hydrogen) atoms. The highest BCUT2D eigenvalue weighted by Crippen LogP contribution is 2.30. The number of benzene rings is 4. The van der Waals surface area contributed by atoms with E-state index in [4.69, 9.17) is 18.9 Å². The van der Waals surface area contributed by atoms with Gasteiger partial charge in [0, 0.05) is 26.2 Å². The van der Waals surface area contributed by atoms with E-state index in [-0.39, 0.29) is 39.0 Å². The van der Waals surface area contributed by atoms with Gasteiger partial charge in [-0.25, -0.2) is 16.8 Å². The van der Waals surface area contributed by atoms with Crippen molar-refractivity contribution in [3.05, 3.63) is 145 Å². The minimum atomic E-state index is -3.73. The van der Waals surface area contributed by atoms with Crippen LogP contribution < -0.4 is 18.9 Å². The Bertz CT molecular complexity index is 1960. The molecular weight excluding hydrogens is 853 g/mol. The maximum absolute atomic E-state index is 13.8. The average molecular weight is 923 g/mol. The Hall–Kier alpha value is -4.70. The summed E-state index contributed by atoms with van der Waals surface area (Å²) in [4.78, 5) is 0. The summed E-state index contributed by atoms with van der Waals surface area (Å²) in [5.74, 6) is 2.85. The third-order valence-electron chi connectivity index (χ3n) is 10.5. The molecule has 0 aliphatic rings. The first-order valence-corrected chi connectivity index (χ1v) is 24.3. The van der Waals surface area contributed by atoms with E-state index in [9.17, 15) is 27.0 Å². The summed E-state index contributed by atoms with van der Waals surface area (Å²) in [7, 11) is -1.09. The van der Waals surface area contributed by atoms with Gasteiger partial charge in [-0.1, -0.05) is 60.7 Å². The maximum Gasteiger partial charge on any atom is 0.217 e. The van der Waals surface area contributed by atoms with Gasteiger partial charge in [-0.3, -0.25) is 0 Å². The van der Waals surface area contributed by atoms with E-state index in [1.54, 1.807) is 68.3 Å². The number of aliphatic hydroxyl groups is 2. The number of ether oxygens (including phenoxy) is 4. The summed E-state index contributed by atoms with van der Waals surface area (Å²) < 4.78 is 79.1. The minimum absolute atomic E-state index is 0.144. The zero-order valence-corrected chi connectivity index (χ0v) is 40.5. The van der Waals surface area contributed by atoms with E-state index in [0.717, 1.165) is 22.3 Å². The van der Waals surface area contributed by atoms with Crippen molar-refractivity contribution in [1.82, 2.24) is 8.61 Å². The Kier molecular flexibility index (Phi) is 21.0. The number of allylic oxidation sites excluding steroid dienone is 2. The SMILES string of the molecule is C=CCC[C@@H](CC(C)(C)O)S(=O)(=O)N(Cc1ccc(OC)cc1)Cc1ccc(OC)cc1.C=CCC[C@H](CC(C)(C)O)S(=O)(=O)N(Cc1ccc(OC)cc1)Cc1ccc(OC)cc1. The second kappa shape index (κ2) is 25.1. The van der Waals surface area contributed by atoms with Crippen molar-refractivity contribution in [2.24, 2.45) is 0 Å². The molecule has 0 heterocycles. The van der Waals surface area contributed by atoms with Crippen LogP contribution in [0.1, 0.15) is 88.5 Å². The summed E-state index contributed by atoms with van der Waals surface area (Å²) in [5, 5.41) is 19.3. The van der Waals surface area contributed by atoms with Gasteiger partial charge in [-0.15, -0.1) is 13.2 Å². The first-order chi connectivity index (χ1) is 30.2. The Morgan fingerprint density at radius 2 is 0.703 bits per heavy atom. The average Bonchev–Trinajstić information content (AvgIpc) is 3.26. The van der Waals surface area contributed by atoms with Crippen LogP contribution in [0.5, 0.6) is 23.0 Å². The molecule has 0 aliphatic carbocycles. The molecule has 0 fully saturated rings. The predicted molar refractivity (Wildman–Crippen MR) is 257 cm³/mol. The van der Waals surface area contributed by atoms with Gasteiger partial charge in [-0.05, 0) is 137 Å². The lowest BCUT2D eigenvalue weighted by Crippen LogP contribution is -2.41. The van der Waals surface area contributed by atoms with Gasteiger partial charge in [0.25, 0.3) is 0 Å². The van der Waals surface area contributed by atoms with Crippen molar-refractivity contribution < 1.29 is 46.0 Å². The van der Waals surface area contributed by atoms with Crippen LogP contribution in [-0.4, -0.2) is 85.8 Å². The molecule has 12 nitrogen and oxygen atoms in total. The van der Waals surface area contributed by atoms with E-state index in [1.165, 1.54) is 8.61 Å². The second-order valence-corrected chi connectivity index (χ2v) is 21.5. The fraction of sp³-hybridized carbons (Fsp3) is 0.440. The Labute approximate surface area is 383 Å². The number of nitrogens with zero attached hydrogens (tertiary/aromatic N) is 2. The maximum atomic E-state index is 13.8. The predicted octanol–water partition coefficient (Wildman–Crippen LogP) is 9.06. The first-order valence-electron chi connectivity index (χ1n) is 21.3. The molecule has 0 saturated heterocycles. The van der Waals surface area contributed by atoms with E-state index < -0.39 is 41.7 Å². The zero-order chi connectivity index (χ0) is 47.6. The van der Waals surface area contributed by atoms with Crippen LogP contribution in [-0.2, 0) is 46.2 Å². The highest BCUT2D eigenvalue weighted by molar-refractivity contribution is 7.90. The van der Waals surface area contributed by atoms with Crippen LogP contribution in [0.2, 0.25) is 0 Å². The number of hydrogen-bond acceptors (Lipinski definition) is 10. The zero-order valence-electron chi connectivity index (χ0n) is 38.9. The molecule has 0 aliphatic heterocycles. The van der Waals surface area contributed by atoms with Gasteiger partial charge in [0.2, 0.25) is 20.0 Å². The second-order valence-electron chi connectivity index (χ2n) is 17.0. The van der Waals surface area contributed by atoms with Gasteiger partial charge in [-0.2, -0.15) is 8.61 Å². The molecule has 0 radical (unpaired) electrons. The summed E-state index contributed by atoms with van der Waals surface area (Å²) >= 11 is 0. The van der Waals surface area contributed by atoms with E-state index in [2.05, 4.69) is 13.2 Å². The fourth-order valence-corrected chi connectivity index (χ4v) is 11.3. The van der Waals surface area contributed by atoms with Crippen LogP contribution in [0.15, 0.2) is 122 Å². The monoisotopic (exact) mass is 922 g/mol. The van der Waals surface area contributed by atoms with Gasteiger partial charge in [0.15, 0.2) is 0 Å². The van der Waals surface area contributed by atoms with Gasteiger partial charge < -0.3 is 29.2 Å². The van der Waals surface area contributed by atoms with Gasteiger partial charge in [0.05, 0.1) is 50.1 Å². The van der Waals surface area contributed by atoms with E-state index in [1.807, 2.05) is 97.1 Å². The first kappa shape index (κ1) is 53.6. The third-order valence-corrected chi connectivity index (χ3v) is 14.9. The molecule has 14 heteroatoms. The highest BCUT2D eigenvalue weighted by atomic mass is 32.2. The van der Waals surface area contributed by atoms with Crippen LogP contribution in [0.25, 0.3) is 0 Å².